The molecule has 0 amide bonds. The number of allylic oxidation sites excluding steroid dienone is 3. The molecule has 5 heterocycles. The van der Waals surface area contributed by atoms with Gasteiger partial charge in [-0.2, -0.15) is 0 Å². The Morgan fingerprint density at radius 2 is 1.37 bits per heavy atom. The molecule has 1 spiro atoms. The molecule has 0 aromatic rings. The molecule has 4 aliphatic carbocycles. The Morgan fingerprint density at radius 3 is 1.99 bits per heavy atom. The van der Waals surface area contributed by atoms with Gasteiger partial charge < -0.3 is 97.0 Å². The summed E-state index contributed by atoms with van der Waals surface area (Å²) in [5.41, 5.74) is -1.41. The van der Waals surface area contributed by atoms with E-state index in [1.165, 1.54) is 13.8 Å². The van der Waals surface area contributed by atoms with Gasteiger partial charge in [0.1, 0.15) is 85.0 Å². The van der Waals surface area contributed by atoms with Crippen molar-refractivity contribution < 1.29 is 191 Å². The second-order valence-electron chi connectivity index (χ2n) is 26.0. The zero-order valence-corrected chi connectivity index (χ0v) is 56.7. The zero-order valence-electron chi connectivity index (χ0n) is 51.1. The molecule has 32 heteroatoms. The van der Waals surface area contributed by atoms with E-state index in [2.05, 4.69) is 30.7 Å². The first-order chi connectivity index (χ1) is 39.5. The van der Waals surface area contributed by atoms with Crippen LogP contribution in [-0.4, -0.2) is 229 Å². The number of cyclic esters (lactones) is 1. The van der Waals surface area contributed by atoms with Crippen molar-refractivity contribution >= 4 is 32.7 Å². The maximum Gasteiger partial charge on any atom is 1.00 e. The summed E-state index contributed by atoms with van der Waals surface area (Å²) in [6.07, 6.45) is -26.4. The standard InChI is InChI=1S/C55H86O28S2.2Na/c1-24(2)12-11-17-54(9)45-30(75-26(4)57)20-53(8)28-13-14-33-51(5,6)34(16-18-52(33,7)27(28)15-19-55(45,53)50(64)81-54)77-48-43(36(60)32(23-73-48)82-84(65,66)67)80-46-38(62)37(61)40(25(3)74-46)78-49-44(83-85(68,69)70)41(29(58)22-72-49)79-47-39(63)42(71-10)35(59)31(21-56)76-47;;/h13,25,27,29-49,56,58-63H,1,11-12,14-23H2,2-10H3,(H,65,66,67)(H,68,69,70);;/q;2*+1/p-2/t25-,27-,29-,30+,31-,32-,33+,34+,35-,36+,37-,38-,39-,40-,41+,42+,43-,44-,45-,46+,47+,48+,49+,52-,53+,54+,55-;;/m1../s1. The van der Waals surface area contributed by atoms with Crippen LogP contribution in [0, 0.1) is 39.4 Å². The summed E-state index contributed by atoms with van der Waals surface area (Å²) in [4.78, 5) is 27.4. The van der Waals surface area contributed by atoms with Crippen LogP contribution in [0.15, 0.2) is 23.8 Å². The Bertz CT molecular complexity index is 2730. The van der Waals surface area contributed by atoms with E-state index in [9.17, 15) is 71.3 Å². The normalized spacial score (nSPS) is 46.9. The number of rotatable bonds is 19. The van der Waals surface area contributed by atoms with Gasteiger partial charge >= 0.3 is 71.1 Å². The van der Waals surface area contributed by atoms with Crippen molar-refractivity contribution in [2.75, 3.05) is 26.9 Å². The average molecular weight is 1300 g/mol. The molecule has 5 saturated heterocycles. The van der Waals surface area contributed by atoms with Gasteiger partial charge in [0, 0.05) is 19.4 Å². The first-order valence-electron chi connectivity index (χ1n) is 29.0. The van der Waals surface area contributed by atoms with E-state index in [1.807, 2.05) is 27.7 Å². The number of aliphatic hydroxyl groups excluding tert-OH is 7. The van der Waals surface area contributed by atoms with Crippen LogP contribution < -0.4 is 59.1 Å². The summed E-state index contributed by atoms with van der Waals surface area (Å²) in [6, 6.07) is 0. The van der Waals surface area contributed by atoms with Crippen LogP contribution >= 0.6 is 0 Å². The number of aliphatic hydroxyl groups is 7. The third-order valence-corrected chi connectivity index (χ3v) is 21.4. The van der Waals surface area contributed by atoms with Crippen LogP contribution in [0.4, 0.5) is 0 Å². The van der Waals surface area contributed by atoms with Gasteiger partial charge in [-0.05, 0) is 101 Å². The summed E-state index contributed by atoms with van der Waals surface area (Å²) in [5.74, 6) is -1.15. The number of carbonyl (C=O) groups is 2. The number of hydrogen-bond acceptors (Lipinski definition) is 28. The van der Waals surface area contributed by atoms with Crippen molar-refractivity contribution in [1.82, 2.24) is 0 Å². The Kier molecular flexibility index (Phi) is 23.5. The smallest absolute Gasteiger partial charge is 0.726 e. The van der Waals surface area contributed by atoms with E-state index in [-0.39, 0.29) is 88.3 Å². The average Bonchev–Trinajstić information content (AvgIpc) is 1.53. The third-order valence-electron chi connectivity index (χ3n) is 20.4. The van der Waals surface area contributed by atoms with Crippen molar-refractivity contribution in [3.8, 4) is 0 Å². The minimum absolute atomic E-state index is 0. The molecule has 0 bridgehead atoms. The van der Waals surface area contributed by atoms with Gasteiger partial charge in [-0.1, -0.05) is 44.9 Å². The van der Waals surface area contributed by atoms with E-state index in [4.69, 9.17) is 56.3 Å². The van der Waals surface area contributed by atoms with Crippen molar-refractivity contribution in [2.45, 2.75) is 242 Å². The molecule has 0 aromatic heterocycles. The number of ether oxygens (including phenoxy) is 11. The Balaban J connectivity index is 0.00000541. The minimum atomic E-state index is -5.71. The monoisotopic (exact) mass is 1300 g/mol. The van der Waals surface area contributed by atoms with Crippen molar-refractivity contribution in [3.63, 3.8) is 0 Å². The summed E-state index contributed by atoms with van der Waals surface area (Å²) < 4.78 is 147. The molecule has 7 N–H and O–H groups in total. The number of carbonyl (C=O) groups excluding carboxylic acids is 2. The molecule has 486 valence electrons. The minimum Gasteiger partial charge on any atom is -0.726 e. The molecule has 9 aliphatic rings. The molecule has 0 aromatic carbocycles. The molecule has 28 nitrogen and oxygen atoms in total. The molecule has 5 aliphatic heterocycles. The van der Waals surface area contributed by atoms with Crippen LogP contribution in [0.5, 0.6) is 0 Å². The van der Waals surface area contributed by atoms with Gasteiger partial charge in [0.05, 0.1) is 43.4 Å². The molecular weight excluding hydrogens is 1220 g/mol. The second kappa shape index (κ2) is 27.7. The number of methoxy groups -OCH3 is 1. The van der Waals surface area contributed by atoms with Crippen LogP contribution in [-0.2, 0) is 90.9 Å². The fraction of sp³-hybridized carbons (Fsp3) is 0.891. The summed E-state index contributed by atoms with van der Waals surface area (Å²) in [7, 11) is -10.1. The van der Waals surface area contributed by atoms with Gasteiger partial charge in [0.2, 0.25) is 20.8 Å². The molecule has 87 heavy (non-hydrogen) atoms. The molecule has 3 saturated carbocycles. The van der Waals surface area contributed by atoms with Gasteiger partial charge in [0.15, 0.2) is 31.3 Å². The fourth-order valence-electron chi connectivity index (χ4n) is 16.6. The molecule has 8 fully saturated rings. The number of esters is 2. The SMILES string of the molecule is C=C(C)CCC[C@]1(C)OC(=O)[C@]23CC[C@@H]4C(=CC[C@H]5C(C)(C)[C@@H](O[C@@H]6OC[C@@H](OS(=O)(=O)[O-])[C@H](O)[C@H]6O[C@@H]6O[C@H](C)[C@@H](O[C@@H]7OC[C@@H](O)[C@H](O[C@@H]8O[C@H](CO)[C@@H](O)[C@H](OC)[C@H]8O)[C@H]7OS(=O)(=O)[O-])[C@H](O)[C@H]6O)CC[C@]45C)[C@]2(C)C[C@H](OC(C)=O)[C@@H]31.[Na+].[Na+]. The van der Waals surface area contributed by atoms with Crippen LogP contribution in [0.2, 0.25) is 0 Å². The van der Waals surface area contributed by atoms with Gasteiger partial charge in [0.25, 0.3) is 0 Å². The molecular formula is C55H84Na2O28S2. The maximum atomic E-state index is 14.7. The predicted octanol–water partition coefficient (Wildman–Crippen LogP) is -6.23. The molecule has 0 unspecified atom stereocenters. The van der Waals surface area contributed by atoms with Crippen LogP contribution in [0.25, 0.3) is 0 Å². The Hall–Kier alpha value is -0.480. The van der Waals surface area contributed by atoms with E-state index < -0.39 is 191 Å². The van der Waals surface area contributed by atoms with Gasteiger partial charge in [-0.3, -0.25) is 18.0 Å². The van der Waals surface area contributed by atoms with E-state index >= 15 is 0 Å². The topological polar surface area (TPSA) is 410 Å². The van der Waals surface area contributed by atoms with E-state index in [1.54, 1.807) is 0 Å². The second-order valence-corrected chi connectivity index (χ2v) is 28.1. The predicted molar refractivity (Wildman–Crippen MR) is 282 cm³/mol. The van der Waals surface area contributed by atoms with Crippen molar-refractivity contribution in [3.05, 3.63) is 23.8 Å². The third kappa shape index (κ3) is 14.0. The fourth-order valence-corrected chi connectivity index (χ4v) is 17.5. The van der Waals surface area contributed by atoms with E-state index in [0.29, 0.717) is 44.9 Å². The summed E-state index contributed by atoms with van der Waals surface area (Å²) in [5, 5.41) is 77.5. The van der Waals surface area contributed by atoms with Crippen LogP contribution in [0.3, 0.4) is 0 Å². The zero-order chi connectivity index (χ0) is 62.5. The van der Waals surface area contributed by atoms with Gasteiger partial charge in [-0.25, -0.2) is 16.8 Å². The molecule has 9 rings (SSSR count). The number of fused-ring (bicyclic) bond motifs is 4. The quantitative estimate of drug-likeness (QED) is 0.0208. The van der Waals surface area contributed by atoms with Crippen molar-refractivity contribution in [1.29, 1.82) is 0 Å². The Labute approximate surface area is 551 Å². The van der Waals surface area contributed by atoms with E-state index in [0.717, 1.165) is 31.1 Å². The first kappa shape index (κ1) is 73.9. The largest absolute Gasteiger partial charge is 1.00 e. The van der Waals surface area contributed by atoms with Gasteiger partial charge in [-0.15, -0.1) is 6.58 Å². The first-order valence-corrected chi connectivity index (χ1v) is 31.6. The maximum absolute atomic E-state index is 14.7. The molecule has 0 radical (unpaired) electrons. The van der Waals surface area contributed by atoms with Crippen molar-refractivity contribution in [2.24, 2.45) is 39.4 Å². The van der Waals surface area contributed by atoms with Crippen LogP contribution in [0.1, 0.15) is 113 Å². The number of hydrogen-bond donors (Lipinski definition) is 7. The Morgan fingerprint density at radius 1 is 0.747 bits per heavy atom. The summed E-state index contributed by atoms with van der Waals surface area (Å²) >= 11 is 0. The molecule has 27 atom stereocenters. The summed E-state index contributed by atoms with van der Waals surface area (Å²) in [6.45, 7) is 16.9.